The van der Waals surface area contributed by atoms with Crippen LogP contribution in [0.5, 0.6) is 0 Å². The van der Waals surface area contributed by atoms with Crippen molar-refractivity contribution in [2.24, 2.45) is 0 Å². The van der Waals surface area contributed by atoms with Gasteiger partial charge in [0.1, 0.15) is 11.9 Å². The van der Waals surface area contributed by atoms with Gasteiger partial charge in [0.25, 0.3) is 5.91 Å². The number of amides is 1. The maximum Gasteiger partial charge on any atom is 0.253 e. The molecule has 1 aliphatic heterocycles. The van der Waals surface area contributed by atoms with Crippen LogP contribution in [0.25, 0.3) is 11.4 Å². The Morgan fingerprint density at radius 2 is 2.21 bits per heavy atom. The van der Waals surface area contributed by atoms with Crippen LogP contribution in [0.4, 0.5) is 10.1 Å². The number of carbonyl (C=O) groups is 1. The molecule has 1 aromatic heterocycles. The largest absolute Gasteiger partial charge is 0.365 e. The van der Waals surface area contributed by atoms with E-state index >= 15 is 0 Å². The van der Waals surface area contributed by atoms with Gasteiger partial charge in [-0.05, 0) is 62.2 Å². The maximum atomic E-state index is 14.5. The molecule has 0 saturated carbocycles. The lowest BCUT2D eigenvalue weighted by atomic mass is 10.1. The van der Waals surface area contributed by atoms with E-state index < -0.39 is 11.9 Å². The molecule has 0 spiro atoms. The number of ether oxygens (including phenoxy) is 1. The molecular weight excluding hydrogens is 313 g/mol. The summed E-state index contributed by atoms with van der Waals surface area (Å²) < 4.78 is 21.5. The van der Waals surface area contributed by atoms with E-state index in [2.05, 4.69) is 20.8 Å². The Morgan fingerprint density at radius 1 is 1.42 bits per heavy atom. The second kappa shape index (κ2) is 6.64. The van der Waals surface area contributed by atoms with Crippen LogP contribution >= 0.6 is 0 Å². The van der Waals surface area contributed by atoms with E-state index in [4.69, 9.17) is 4.74 Å². The molecule has 7 nitrogen and oxygen atoms in total. The van der Waals surface area contributed by atoms with Gasteiger partial charge in [-0.25, -0.2) is 9.07 Å². The SMILES string of the molecule is CC(C)n1nnnc1-c1ccc(NC(=O)[C@@H]2CC[C@@H](C)O2)cc1F. The normalized spacial score (nSPS) is 20.5. The number of hydrogen-bond donors (Lipinski definition) is 1. The number of nitrogens with zero attached hydrogens (tertiary/aromatic N) is 4. The van der Waals surface area contributed by atoms with E-state index in [1.54, 1.807) is 16.8 Å². The summed E-state index contributed by atoms with van der Waals surface area (Å²) in [6, 6.07) is 4.47. The van der Waals surface area contributed by atoms with Gasteiger partial charge in [-0.1, -0.05) is 0 Å². The van der Waals surface area contributed by atoms with Crippen LogP contribution in [0.15, 0.2) is 18.2 Å². The summed E-state index contributed by atoms with van der Waals surface area (Å²) in [6.45, 7) is 5.75. The fourth-order valence-corrected chi connectivity index (χ4v) is 2.71. The number of nitrogens with one attached hydrogen (secondary N) is 1. The minimum atomic E-state index is -0.495. The van der Waals surface area contributed by atoms with Crippen molar-refractivity contribution in [2.45, 2.75) is 51.9 Å². The molecule has 24 heavy (non-hydrogen) atoms. The molecule has 128 valence electrons. The minimum absolute atomic E-state index is 0.00952. The summed E-state index contributed by atoms with van der Waals surface area (Å²) in [5, 5.41) is 14.0. The fraction of sp³-hybridized carbons (Fsp3) is 0.500. The van der Waals surface area contributed by atoms with Gasteiger partial charge < -0.3 is 10.1 Å². The highest BCUT2D eigenvalue weighted by Crippen LogP contribution is 2.26. The van der Waals surface area contributed by atoms with Crippen LogP contribution < -0.4 is 5.32 Å². The Bertz CT molecular complexity index is 746. The lowest BCUT2D eigenvalue weighted by Gasteiger charge is -2.13. The van der Waals surface area contributed by atoms with Crippen molar-refractivity contribution in [3.8, 4) is 11.4 Å². The molecule has 1 N–H and O–H groups in total. The number of halogens is 1. The summed E-state index contributed by atoms with van der Waals surface area (Å²) in [5.74, 6) is -0.392. The molecule has 1 saturated heterocycles. The first-order valence-electron chi connectivity index (χ1n) is 8.00. The van der Waals surface area contributed by atoms with E-state index in [9.17, 15) is 9.18 Å². The predicted octanol–water partition coefficient (Wildman–Crippen LogP) is 2.57. The zero-order valence-corrected chi connectivity index (χ0v) is 13.9. The van der Waals surface area contributed by atoms with Crippen molar-refractivity contribution < 1.29 is 13.9 Å². The Hall–Kier alpha value is -2.35. The average Bonchev–Trinajstić information content (AvgIpc) is 3.16. The molecule has 8 heteroatoms. The van der Waals surface area contributed by atoms with Gasteiger partial charge >= 0.3 is 0 Å². The fourth-order valence-electron chi connectivity index (χ4n) is 2.71. The van der Waals surface area contributed by atoms with Crippen molar-refractivity contribution in [3.63, 3.8) is 0 Å². The molecule has 3 rings (SSSR count). The van der Waals surface area contributed by atoms with Gasteiger partial charge in [-0.15, -0.1) is 5.10 Å². The lowest BCUT2D eigenvalue weighted by Crippen LogP contribution is -2.27. The second-order valence-electron chi connectivity index (χ2n) is 6.24. The van der Waals surface area contributed by atoms with Crippen molar-refractivity contribution in [1.82, 2.24) is 20.2 Å². The quantitative estimate of drug-likeness (QED) is 0.930. The Kier molecular flexibility index (Phi) is 4.57. The molecule has 0 aliphatic carbocycles. The van der Waals surface area contributed by atoms with E-state index in [0.29, 0.717) is 17.9 Å². The summed E-state index contributed by atoms with van der Waals surface area (Å²) in [7, 11) is 0. The molecule has 2 heterocycles. The molecule has 2 atom stereocenters. The molecule has 2 aromatic rings. The van der Waals surface area contributed by atoms with Gasteiger partial charge in [0.05, 0.1) is 17.7 Å². The lowest BCUT2D eigenvalue weighted by molar-refractivity contribution is -0.126. The number of benzene rings is 1. The Labute approximate surface area is 139 Å². The highest BCUT2D eigenvalue weighted by atomic mass is 19.1. The Balaban J connectivity index is 1.77. The van der Waals surface area contributed by atoms with E-state index in [1.807, 2.05) is 20.8 Å². The van der Waals surface area contributed by atoms with Crippen LogP contribution in [-0.2, 0) is 9.53 Å². The monoisotopic (exact) mass is 333 g/mol. The number of anilines is 1. The summed E-state index contributed by atoms with van der Waals surface area (Å²) >= 11 is 0. The zero-order chi connectivity index (χ0) is 17.3. The smallest absolute Gasteiger partial charge is 0.253 e. The van der Waals surface area contributed by atoms with Crippen LogP contribution in [0, 0.1) is 5.82 Å². The highest BCUT2D eigenvalue weighted by molar-refractivity contribution is 5.94. The highest BCUT2D eigenvalue weighted by Gasteiger charge is 2.28. The topological polar surface area (TPSA) is 81.9 Å². The number of carbonyl (C=O) groups excluding carboxylic acids is 1. The number of rotatable bonds is 4. The minimum Gasteiger partial charge on any atom is -0.365 e. The first-order chi connectivity index (χ1) is 11.5. The summed E-state index contributed by atoms with van der Waals surface area (Å²) in [5.41, 5.74) is 0.672. The van der Waals surface area contributed by atoms with Crippen molar-refractivity contribution in [1.29, 1.82) is 0 Å². The third-order valence-corrected chi connectivity index (χ3v) is 3.98. The molecule has 1 aromatic carbocycles. The van der Waals surface area contributed by atoms with Crippen molar-refractivity contribution >= 4 is 11.6 Å². The number of aromatic nitrogens is 4. The van der Waals surface area contributed by atoms with Gasteiger partial charge in [0.2, 0.25) is 0 Å². The number of hydrogen-bond acceptors (Lipinski definition) is 5. The predicted molar refractivity (Wildman–Crippen MR) is 85.8 cm³/mol. The van der Waals surface area contributed by atoms with Gasteiger partial charge in [-0.2, -0.15) is 0 Å². The van der Waals surface area contributed by atoms with Crippen LogP contribution in [-0.4, -0.2) is 38.3 Å². The van der Waals surface area contributed by atoms with Crippen LogP contribution in [0.1, 0.15) is 39.7 Å². The standard InChI is InChI=1S/C16H20FN5O2/c1-9(2)22-15(19-20-21-22)12-6-5-11(8-13(12)17)18-16(23)14-7-4-10(3)24-14/h5-6,8-10,14H,4,7H2,1-3H3,(H,18,23)/t10-,14+/m1/s1. The summed E-state index contributed by atoms with van der Waals surface area (Å²) in [6.07, 6.45) is 1.13. The molecule has 1 aliphatic rings. The number of tetrazole rings is 1. The van der Waals surface area contributed by atoms with E-state index in [-0.39, 0.29) is 23.6 Å². The Morgan fingerprint density at radius 3 is 2.83 bits per heavy atom. The van der Waals surface area contributed by atoms with E-state index in [1.165, 1.54) is 6.07 Å². The van der Waals surface area contributed by atoms with Gasteiger partial charge in [-0.3, -0.25) is 4.79 Å². The van der Waals surface area contributed by atoms with Gasteiger partial charge in [0, 0.05) is 5.69 Å². The maximum absolute atomic E-state index is 14.5. The van der Waals surface area contributed by atoms with Crippen LogP contribution in [0.2, 0.25) is 0 Å². The van der Waals surface area contributed by atoms with Crippen molar-refractivity contribution in [3.05, 3.63) is 24.0 Å². The molecule has 0 bridgehead atoms. The molecule has 1 amide bonds. The third kappa shape index (κ3) is 3.28. The molecular formula is C16H20FN5O2. The van der Waals surface area contributed by atoms with Crippen molar-refractivity contribution in [2.75, 3.05) is 5.32 Å². The van der Waals surface area contributed by atoms with Gasteiger partial charge in [0.15, 0.2) is 5.82 Å². The molecule has 0 radical (unpaired) electrons. The zero-order valence-electron chi connectivity index (χ0n) is 13.9. The first kappa shape index (κ1) is 16.5. The third-order valence-electron chi connectivity index (χ3n) is 3.98. The van der Waals surface area contributed by atoms with Crippen LogP contribution in [0.3, 0.4) is 0 Å². The second-order valence-corrected chi connectivity index (χ2v) is 6.24. The first-order valence-corrected chi connectivity index (χ1v) is 8.00. The summed E-state index contributed by atoms with van der Waals surface area (Å²) in [4.78, 5) is 12.1. The average molecular weight is 333 g/mol. The van der Waals surface area contributed by atoms with E-state index in [0.717, 1.165) is 6.42 Å². The molecule has 0 unspecified atom stereocenters. The molecule has 1 fully saturated rings.